The number of nitrogens with one attached hydrogen (secondary N) is 1. The number of furan rings is 1. The number of hydrogen-bond acceptors (Lipinski definition) is 4. The highest BCUT2D eigenvalue weighted by atomic mass is 32.1. The van der Waals surface area contributed by atoms with E-state index in [1.807, 2.05) is 23.5 Å². The molecule has 3 aliphatic rings. The Bertz CT molecular complexity index is 3910. The predicted molar refractivity (Wildman–Crippen MR) is 299 cm³/mol. The highest BCUT2D eigenvalue weighted by molar-refractivity contribution is 7.20. The molecule has 2 aromatic heterocycles. The monoisotopic (exact) mass is 928 g/mol. The summed E-state index contributed by atoms with van der Waals surface area (Å²) in [5.74, 6) is 0. The lowest BCUT2D eigenvalue weighted by Gasteiger charge is -2.36. The SMILES string of the molecule is C1=CC2=C(CC1)C(c1ccccc1)(c1ccccc1)c1ccc(-c3cccc(N(c4ccc(C5=Cc6sc7ccccc7c6CNC5)cc4)c4ccc(-c5ccc6oc7ccccc7c6c5)cc4)c3)cc12. The van der Waals surface area contributed by atoms with Crippen LogP contribution in [0, 0.1) is 0 Å². The van der Waals surface area contributed by atoms with E-state index in [-0.39, 0.29) is 5.41 Å². The maximum atomic E-state index is 6.19. The van der Waals surface area contributed by atoms with Crippen molar-refractivity contribution in [2.45, 2.75) is 24.8 Å². The molecule has 14 rings (SSSR count). The third kappa shape index (κ3) is 6.89. The van der Waals surface area contributed by atoms with Gasteiger partial charge in [0.25, 0.3) is 0 Å². The highest BCUT2D eigenvalue weighted by Crippen LogP contribution is 2.58. The quantitative estimate of drug-likeness (QED) is 0.165. The summed E-state index contributed by atoms with van der Waals surface area (Å²) in [5.41, 5.74) is 21.5. The van der Waals surface area contributed by atoms with Gasteiger partial charge >= 0.3 is 0 Å². The van der Waals surface area contributed by atoms with Gasteiger partial charge in [-0.25, -0.2) is 0 Å². The van der Waals surface area contributed by atoms with Crippen molar-refractivity contribution >= 4 is 77.6 Å². The normalized spacial score (nSPS) is 14.8. The smallest absolute Gasteiger partial charge is 0.135 e. The van der Waals surface area contributed by atoms with Crippen LogP contribution >= 0.6 is 11.3 Å². The Labute approximate surface area is 418 Å². The van der Waals surface area contributed by atoms with Crippen LogP contribution < -0.4 is 10.2 Å². The van der Waals surface area contributed by atoms with Gasteiger partial charge in [0.2, 0.25) is 0 Å². The molecular weight excluding hydrogens is 881 g/mol. The van der Waals surface area contributed by atoms with Gasteiger partial charge in [-0.15, -0.1) is 11.3 Å². The fraction of sp³-hybridized carbons (Fsp3) is 0.0746. The van der Waals surface area contributed by atoms with E-state index in [1.54, 1.807) is 0 Å². The van der Waals surface area contributed by atoms with Gasteiger partial charge in [-0.3, -0.25) is 0 Å². The summed E-state index contributed by atoms with van der Waals surface area (Å²) >= 11 is 1.89. The van der Waals surface area contributed by atoms with E-state index in [0.717, 1.165) is 76.1 Å². The third-order valence-electron chi connectivity index (χ3n) is 15.2. The largest absolute Gasteiger partial charge is 0.456 e. The summed E-state index contributed by atoms with van der Waals surface area (Å²) in [7, 11) is 0. The Morgan fingerprint density at radius 2 is 1.14 bits per heavy atom. The topological polar surface area (TPSA) is 28.4 Å². The fourth-order valence-corrected chi connectivity index (χ4v) is 13.1. The van der Waals surface area contributed by atoms with Crippen molar-refractivity contribution < 1.29 is 4.42 Å². The van der Waals surface area contributed by atoms with Crippen molar-refractivity contribution in [1.82, 2.24) is 5.32 Å². The molecule has 1 aliphatic heterocycles. The number of anilines is 3. The summed E-state index contributed by atoms with van der Waals surface area (Å²) in [4.78, 5) is 3.75. The zero-order valence-electron chi connectivity index (χ0n) is 39.1. The van der Waals surface area contributed by atoms with Crippen LogP contribution in [0.25, 0.3) is 71.5 Å². The summed E-state index contributed by atoms with van der Waals surface area (Å²) in [6.45, 7) is 1.68. The zero-order valence-corrected chi connectivity index (χ0v) is 39.9. The van der Waals surface area contributed by atoms with Crippen LogP contribution in [-0.2, 0) is 12.0 Å². The number of para-hydroxylation sites is 1. The zero-order chi connectivity index (χ0) is 46.9. The number of hydrogen-bond donors (Lipinski definition) is 1. The molecule has 11 aromatic rings. The molecule has 2 aliphatic carbocycles. The summed E-state index contributed by atoms with van der Waals surface area (Å²) in [6.07, 6.45) is 9.22. The van der Waals surface area contributed by atoms with Crippen LogP contribution in [0.2, 0.25) is 0 Å². The van der Waals surface area contributed by atoms with Crippen LogP contribution in [-0.4, -0.2) is 6.54 Å². The lowest BCUT2D eigenvalue weighted by molar-refractivity contribution is 0.669. The van der Waals surface area contributed by atoms with Crippen LogP contribution in [0.1, 0.15) is 51.1 Å². The Morgan fingerprint density at radius 3 is 1.93 bits per heavy atom. The van der Waals surface area contributed by atoms with Crippen LogP contribution in [0.5, 0.6) is 0 Å². The van der Waals surface area contributed by atoms with E-state index in [0.29, 0.717) is 0 Å². The van der Waals surface area contributed by atoms with Gasteiger partial charge in [0.15, 0.2) is 0 Å². The second-order valence-electron chi connectivity index (χ2n) is 19.1. The van der Waals surface area contributed by atoms with Gasteiger partial charge in [-0.1, -0.05) is 164 Å². The Hall–Kier alpha value is -8.28. The Kier molecular flexibility index (Phi) is 9.97. The fourth-order valence-electron chi connectivity index (χ4n) is 11.9. The molecule has 71 heavy (non-hydrogen) atoms. The maximum absolute atomic E-state index is 6.19. The number of benzene rings is 9. The van der Waals surface area contributed by atoms with Gasteiger partial charge in [0.05, 0.1) is 5.41 Å². The molecule has 1 N–H and O–H groups in total. The van der Waals surface area contributed by atoms with Crippen LogP contribution in [0.3, 0.4) is 0 Å². The van der Waals surface area contributed by atoms with Gasteiger partial charge < -0.3 is 14.6 Å². The first-order valence-corrected chi connectivity index (χ1v) is 25.6. The van der Waals surface area contributed by atoms with Crippen LogP contribution in [0.15, 0.2) is 241 Å². The molecule has 0 spiro atoms. The first-order valence-electron chi connectivity index (χ1n) is 24.8. The standard InChI is InChI=1S/C67H48N2OS/c1-3-15-50(16-4-1)67(51-17-5-2-6-18-51)61-23-10-7-20-55(61)58-39-48(30-36-62(58)67)46-14-13-19-54(38-46)69(52-32-26-44(27-33-52)47-31-37-64-59(40-47)56-21-8-11-24-63(56)70-64)53-34-28-45(29-35-53)49-41-66-60(43-68-42-49)57-22-9-12-25-65(57)71-66/h1-9,11-22,24-41,68H,10,23,42-43H2. The number of nitrogens with zero attached hydrogens (tertiary/aromatic N) is 1. The van der Waals surface area contributed by atoms with Gasteiger partial charge in [0.1, 0.15) is 11.2 Å². The van der Waals surface area contributed by atoms with Crippen LogP contribution in [0.4, 0.5) is 17.1 Å². The number of rotatable bonds is 8. The minimum atomic E-state index is -0.353. The van der Waals surface area contributed by atoms with E-state index in [4.69, 9.17) is 4.42 Å². The average molecular weight is 929 g/mol. The number of allylic oxidation sites excluding steroid dienone is 4. The van der Waals surface area contributed by atoms with E-state index in [2.05, 4.69) is 235 Å². The minimum Gasteiger partial charge on any atom is -0.456 e. The van der Waals surface area contributed by atoms with Crippen molar-refractivity contribution in [2.75, 3.05) is 11.4 Å². The summed E-state index contributed by atoms with van der Waals surface area (Å²) in [5, 5.41) is 7.37. The molecule has 3 nitrogen and oxygen atoms in total. The van der Waals surface area contributed by atoms with E-state index < -0.39 is 0 Å². The molecule has 0 saturated carbocycles. The summed E-state index contributed by atoms with van der Waals surface area (Å²) < 4.78 is 7.53. The summed E-state index contributed by atoms with van der Waals surface area (Å²) in [6, 6.07) is 80.4. The first kappa shape index (κ1) is 41.7. The minimum absolute atomic E-state index is 0.353. The Balaban J connectivity index is 0.869. The molecular formula is C67H48N2OS. The van der Waals surface area contributed by atoms with Gasteiger partial charge in [0, 0.05) is 50.5 Å². The first-order chi connectivity index (χ1) is 35.2. The third-order valence-corrected chi connectivity index (χ3v) is 16.3. The van der Waals surface area contributed by atoms with E-state index >= 15 is 0 Å². The van der Waals surface area contributed by atoms with Crippen molar-refractivity contribution in [3.05, 3.63) is 274 Å². The Morgan fingerprint density at radius 1 is 0.493 bits per heavy atom. The second-order valence-corrected chi connectivity index (χ2v) is 20.2. The molecule has 3 heterocycles. The number of thiophene rings is 1. The molecule has 4 heteroatoms. The average Bonchev–Trinajstić information content (AvgIpc) is 4.03. The molecule has 0 fully saturated rings. The van der Waals surface area contributed by atoms with E-state index in [9.17, 15) is 0 Å². The highest BCUT2D eigenvalue weighted by Gasteiger charge is 2.47. The lowest BCUT2D eigenvalue weighted by Crippen LogP contribution is -2.30. The maximum Gasteiger partial charge on any atom is 0.135 e. The molecule has 0 bridgehead atoms. The molecule has 0 amide bonds. The van der Waals surface area contributed by atoms with E-state index in [1.165, 1.54) is 76.2 Å². The van der Waals surface area contributed by atoms with Crippen molar-refractivity contribution in [2.24, 2.45) is 0 Å². The van der Waals surface area contributed by atoms with Crippen molar-refractivity contribution in [3.63, 3.8) is 0 Å². The van der Waals surface area contributed by atoms with Gasteiger partial charge in [-0.05, 0) is 163 Å². The molecule has 0 unspecified atom stereocenters. The molecule has 338 valence electrons. The second kappa shape index (κ2) is 17.0. The van der Waals surface area contributed by atoms with Gasteiger partial charge in [-0.2, -0.15) is 0 Å². The van der Waals surface area contributed by atoms with Crippen molar-refractivity contribution in [1.29, 1.82) is 0 Å². The molecule has 0 radical (unpaired) electrons. The molecule has 0 saturated heterocycles. The number of fused-ring (bicyclic) bond motifs is 8. The molecule has 9 aromatic carbocycles. The lowest BCUT2D eigenvalue weighted by atomic mass is 9.65. The van der Waals surface area contributed by atoms with Crippen molar-refractivity contribution in [3.8, 4) is 22.3 Å². The molecule has 0 atom stereocenters. The predicted octanol–water partition coefficient (Wildman–Crippen LogP) is 17.7.